The van der Waals surface area contributed by atoms with Gasteiger partial charge in [0.15, 0.2) is 0 Å². The second kappa shape index (κ2) is 7.13. The first-order chi connectivity index (χ1) is 12.7. The van der Waals surface area contributed by atoms with Crippen molar-refractivity contribution in [2.45, 2.75) is 6.54 Å². The highest BCUT2D eigenvalue weighted by Gasteiger charge is 2.22. The number of carbonyl (C=O) groups excluding carboxylic acids is 1. The van der Waals surface area contributed by atoms with Gasteiger partial charge in [0.1, 0.15) is 11.6 Å². The monoisotopic (exact) mass is 351 g/mol. The van der Waals surface area contributed by atoms with E-state index in [1.807, 2.05) is 23.1 Å². The van der Waals surface area contributed by atoms with Gasteiger partial charge in [-0.2, -0.15) is 0 Å². The molecule has 7 heteroatoms. The van der Waals surface area contributed by atoms with Crippen LogP contribution in [0.1, 0.15) is 16.2 Å². The van der Waals surface area contributed by atoms with Crippen LogP contribution >= 0.6 is 0 Å². The van der Waals surface area contributed by atoms with Gasteiger partial charge in [-0.05, 0) is 24.3 Å². The Morgan fingerprint density at radius 2 is 1.92 bits per heavy atom. The first-order valence-corrected chi connectivity index (χ1v) is 8.67. The highest BCUT2D eigenvalue weighted by Crippen LogP contribution is 2.19. The number of fused-ring (bicyclic) bond motifs is 1. The molecular formula is C19H21N5O2. The van der Waals surface area contributed by atoms with E-state index in [1.54, 1.807) is 31.6 Å². The number of pyridine rings is 1. The number of piperazine rings is 1. The second-order valence-corrected chi connectivity index (χ2v) is 6.37. The van der Waals surface area contributed by atoms with E-state index in [0.717, 1.165) is 55.3 Å². The topological polar surface area (TPSA) is 74.3 Å². The minimum atomic E-state index is 0.0721. The first kappa shape index (κ1) is 16.5. The molecule has 1 N–H and O–H groups in total. The molecule has 0 saturated carbocycles. The zero-order valence-corrected chi connectivity index (χ0v) is 14.7. The summed E-state index contributed by atoms with van der Waals surface area (Å²) >= 11 is 0. The van der Waals surface area contributed by atoms with E-state index in [-0.39, 0.29) is 5.91 Å². The van der Waals surface area contributed by atoms with E-state index in [4.69, 9.17) is 4.74 Å². The lowest BCUT2D eigenvalue weighted by Crippen LogP contribution is -2.48. The molecule has 0 radical (unpaired) electrons. The first-order valence-electron chi connectivity index (χ1n) is 8.67. The van der Waals surface area contributed by atoms with Crippen molar-refractivity contribution < 1.29 is 9.53 Å². The number of aromatic amines is 1. The van der Waals surface area contributed by atoms with Crippen molar-refractivity contribution >= 4 is 16.9 Å². The van der Waals surface area contributed by atoms with Crippen LogP contribution in [0.3, 0.4) is 0 Å². The standard InChI is InChI=1S/C19H21N5O2/c1-26-15-2-3-16-17(12-15)22-18(21-16)13-23-8-10-24(11-9-23)19(25)14-4-6-20-7-5-14/h2-7,12H,8-11,13H2,1H3,(H,21,22). The number of ether oxygens (including phenoxy) is 1. The molecule has 4 rings (SSSR count). The molecule has 2 aromatic heterocycles. The predicted octanol–water partition coefficient (Wildman–Crippen LogP) is 1.92. The number of aromatic nitrogens is 3. The van der Waals surface area contributed by atoms with Gasteiger partial charge in [-0.3, -0.25) is 14.7 Å². The molecule has 3 aromatic rings. The number of benzene rings is 1. The van der Waals surface area contributed by atoms with Crippen LogP contribution in [0.5, 0.6) is 5.75 Å². The Morgan fingerprint density at radius 3 is 2.65 bits per heavy atom. The van der Waals surface area contributed by atoms with Crippen molar-refractivity contribution in [2.75, 3.05) is 33.3 Å². The summed E-state index contributed by atoms with van der Waals surface area (Å²) in [5.74, 6) is 1.82. The van der Waals surface area contributed by atoms with Crippen LogP contribution in [-0.4, -0.2) is 63.9 Å². The van der Waals surface area contributed by atoms with Crippen LogP contribution < -0.4 is 4.74 Å². The molecule has 0 unspecified atom stereocenters. The summed E-state index contributed by atoms with van der Waals surface area (Å²) in [6.07, 6.45) is 3.31. The fourth-order valence-corrected chi connectivity index (χ4v) is 3.24. The highest BCUT2D eigenvalue weighted by molar-refractivity contribution is 5.94. The fourth-order valence-electron chi connectivity index (χ4n) is 3.24. The molecule has 134 valence electrons. The zero-order valence-electron chi connectivity index (χ0n) is 14.7. The minimum absolute atomic E-state index is 0.0721. The smallest absolute Gasteiger partial charge is 0.254 e. The molecule has 3 heterocycles. The average Bonchev–Trinajstić information content (AvgIpc) is 3.10. The van der Waals surface area contributed by atoms with Crippen molar-refractivity contribution in [1.82, 2.24) is 24.8 Å². The molecule has 1 amide bonds. The molecule has 0 spiro atoms. The zero-order chi connectivity index (χ0) is 17.9. The Hall–Kier alpha value is -2.93. The van der Waals surface area contributed by atoms with Crippen LogP contribution in [-0.2, 0) is 6.54 Å². The van der Waals surface area contributed by atoms with Gasteiger partial charge in [-0.25, -0.2) is 4.98 Å². The summed E-state index contributed by atoms with van der Waals surface area (Å²) in [6, 6.07) is 9.35. The van der Waals surface area contributed by atoms with Gasteiger partial charge in [0, 0.05) is 50.2 Å². The number of hydrogen-bond acceptors (Lipinski definition) is 5. The number of amides is 1. The van der Waals surface area contributed by atoms with Crippen molar-refractivity contribution in [1.29, 1.82) is 0 Å². The van der Waals surface area contributed by atoms with E-state index >= 15 is 0 Å². The van der Waals surface area contributed by atoms with Crippen LogP contribution in [0.15, 0.2) is 42.7 Å². The molecule has 0 bridgehead atoms. The lowest BCUT2D eigenvalue weighted by molar-refractivity contribution is 0.0626. The summed E-state index contributed by atoms with van der Waals surface area (Å²) in [7, 11) is 1.66. The van der Waals surface area contributed by atoms with Crippen molar-refractivity contribution in [3.8, 4) is 5.75 Å². The van der Waals surface area contributed by atoms with Gasteiger partial charge < -0.3 is 14.6 Å². The molecule has 1 saturated heterocycles. The summed E-state index contributed by atoms with van der Waals surface area (Å²) in [6.45, 7) is 3.84. The lowest BCUT2D eigenvalue weighted by atomic mass is 10.2. The predicted molar refractivity (Wildman–Crippen MR) is 98.1 cm³/mol. The van der Waals surface area contributed by atoms with Gasteiger partial charge in [0.25, 0.3) is 5.91 Å². The van der Waals surface area contributed by atoms with Crippen LogP contribution in [0.4, 0.5) is 0 Å². The number of H-pyrrole nitrogens is 1. The Labute approximate surface area is 151 Å². The molecule has 7 nitrogen and oxygen atoms in total. The van der Waals surface area contributed by atoms with E-state index < -0.39 is 0 Å². The third kappa shape index (κ3) is 3.39. The van der Waals surface area contributed by atoms with Crippen molar-refractivity contribution in [2.24, 2.45) is 0 Å². The number of nitrogens with zero attached hydrogens (tertiary/aromatic N) is 4. The van der Waals surface area contributed by atoms with Crippen LogP contribution in [0.25, 0.3) is 11.0 Å². The maximum absolute atomic E-state index is 12.5. The van der Waals surface area contributed by atoms with Gasteiger partial charge in [0.05, 0.1) is 24.7 Å². The van der Waals surface area contributed by atoms with Gasteiger partial charge in [-0.1, -0.05) is 0 Å². The summed E-state index contributed by atoms with van der Waals surface area (Å²) in [5.41, 5.74) is 2.61. The van der Waals surface area contributed by atoms with Crippen LogP contribution in [0.2, 0.25) is 0 Å². The normalized spacial score (nSPS) is 15.3. The number of nitrogens with one attached hydrogen (secondary N) is 1. The Kier molecular flexibility index (Phi) is 4.53. The van der Waals surface area contributed by atoms with Gasteiger partial charge >= 0.3 is 0 Å². The Bertz CT molecular complexity index is 901. The van der Waals surface area contributed by atoms with Crippen LogP contribution in [0, 0.1) is 0 Å². The van der Waals surface area contributed by atoms with Gasteiger partial charge in [-0.15, -0.1) is 0 Å². The molecule has 1 aliphatic rings. The van der Waals surface area contributed by atoms with E-state index in [1.165, 1.54) is 0 Å². The summed E-state index contributed by atoms with van der Waals surface area (Å²) in [5, 5.41) is 0. The molecule has 1 aromatic carbocycles. The minimum Gasteiger partial charge on any atom is -0.497 e. The number of carbonyl (C=O) groups is 1. The van der Waals surface area contributed by atoms with E-state index in [0.29, 0.717) is 5.56 Å². The van der Waals surface area contributed by atoms with E-state index in [2.05, 4.69) is 19.9 Å². The maximum atomic E-state index is 12.5. The summed E-state index contributed by atoms with van der Waals surface area (Å²) in [4.78, 5) is 28.7. The molecule has 26 heavy (non-hydrogen) atoms. The maximum Gasteiger partial charge on any atom is 0.254 e. The largest absolute Gasteiger partial charge is 0.497 e. The number of imidazole rings is 1. The Balaban J connectivity index is 1.37. The Morgan fingerprint density at radius 1 is 1.15 bits per heavy atom. The molecule has 0 aliphatic carbocycles. The molecule has 0 atom stereocenters. The third-order valence-corrected chi connectivity index (χ3v) is 4.70. The second-order valence-electron chi connectivity index (χ2n) is 6.37. The molecule has 1 fully saturated rings. The number of methoxy groups -OCH3 is 1. The number of rotatable bonds is 4. The highest BCUT2D eigenvalue weighted by atomic mass is 16.5. The van der Waals surface area contributed by atoms with Crippen molar-refractivity contribution in [3.05, 3.63) is 54.1 Å². The van der Waals surface area contributed by atoms with Crippen molar-refractivity contribution in [3.63, 3.8) is 0 Å². The lowest BCUT2D eigenvalue weighted by Gasteiger charge is -2.34. The summed E-state index contributed by atoms with van der Waals surface area (Å²) < 4.78 is 5.25. The molecular weight excluding hydrogens is 330 g/mol. The van der Waals surface area contributed by atoms with Gasteiger partial charge in [0.2, 0.25) is 0 Å². The van der Waals surface area contributed by atoms with E-state index in [9.17, 15) is 4.79 Å². The quantitative estimate of drug-likeness (QED) is 0.777. The fraction of sp³-hybridized carbons (Fsp3) is 0.316. The average molecular weight is 351 g/mol. The molecule has 1 aliphatic heterocycles. The SMILES string of the molecule is COc1ccc2nc(CN3CCN(C(=O)c4ccncc4)CC3)[nH]c2c1. The third-order valence-electron chi connectivity index (χ3n) is 4.70. The number of hydrogen-bond donors (Lipinski definition) is 1.